The molecule has 2 rings (SSSR count). The molecular formula is C18H22O6. The lowest BCUT2D eigenvalue weighted by molar-refractivity contribution is 0.332. The Morgan fingerprint density at radius 2 is 1.12 bits per heavy atom. The van der Waals surface area contributed by atoms with Crippen LogP contribution in [0.15, 0.2) is 24.3 Å². The van der Waals surface area contributed by atoms with Crippen LogP contribution in [0.5, 0.6) is 34.5 Å². The second kappa shape index (κ2) is 7.68. The number of hydrogen-bond acceptors (Lipinski definition) is 6. The van der Waals surface area contributed by atoms with Crippen LogP contribution in [0, 0.1) is 0 Å². The van der Waals surface area contributed by atoms with Gasteiger partial charge in [-0.2, -0.15) is 0 Å². The molecule has 6 nitrogen and oxygen atoms in total. The molecule has 0 aliphatic heterocycles. The average Bonchev–Trinajstić information content (AvgIpc) is 2.60. The fraction of sp³-hybridized carbons (Fsp3) is 0.333. The standard InChI is InChI=1S/C18H22O6/c1-21-14-8-12(9-15(22-2)17(14)20)6-5-11-7-13(19)18(24-4)16(10-11)23-3/h7-10,19-20H,5-6H2,1-4H3. The minimum absolute atomic E-state index is 0.0208. The Morgan fingerprint density at radius 3 is 1.58 bits per heavy atom. The molecule has 6 heteroatoms. The number of aryl methyl sites for hydroxylation is 2. The Morgan fingerprint density at radius 1 is 0.667 bits per heavy atom. The van der Waals surface area contributed by atoms with Crippen molar-refractivity contribution in [3.05, 3.63) is 35.4 Å². The summed E-state index contributed by atoms with van der Waals surface area (Å²) in [6.07, 6.45) is 1.33. The normalized spacial score (nSPS) is 10.3. The number of benzene rings is 2. The van der Waals surface area contributed by atoms with Gasteiger partial charge in [0.1, 0.15) is 0 Å². The first kappa shape index (κ1) is 17.6. The number of aromatic hydroxyl groups is 2. The minimum Gasteiger partial charge on any atom is -0.504 e. The van der Waals surface area contributed by atoms with Crippen molar-refractivity contribution in [1.29, 1.82) is 0 Å². The monoisotopic (exact) mass is 334 g/mol. The number of rotatable bonds is 7. The predicted molar refractivity (Wildman–Crippen MR) is 89.8 cm³/mol. The van der Waals surface area contributed by atoms with Gasteiger partial charge in [-0.1, -0.05) is 0 Å². The number of hydrogen-bond donors (Lipinski definition) is 2. The van der Waals surface area contributed by atoms with Crippen molar-refractivity contribution < 1.29 is 29.2 Å². The van der Waals surface area contributed by atoms with Gasteiger partial charge in [-0.05, 0) is 48.2 Å². The van der Waals surface area contributed by atoms with Crippen molar-refractivity contribution in [3.8, 4) is 34.5 Å². The summed E-state index contributed by atoms with van der Waals surface area (Å²) in [5.74, 6) is 1.53. The quantitative estimate of drug-likeness (QED) is 0.811. The fourth-order valence-electron chi connectivity index (χ4n) is 2.52. The van der Waals surface area contributed by atoms with E-state index < -0.39 is 0 Å². The zero-order valence-corrected chi connectivity index (χ0v) is 14.3. The summed E-state index contributed by atoms with van der Waals surface area (Å²) in [6, 6.07) is 7.00. The largest absolute Gasteiger partial charge is 0.504 e. The molecule has 2 aromatic rings. The van der Waals surface area contributed by atoms with Crippen LogP contribution in [0.1, 0.15) is 11.1 Å². The highest BCUT2D eigenvalue weighted by Gasteiger charge is 2.14. The zero-order chi connectivity index (χ0) is 17.7. The van der Waals surface area contributed by atoms with Gasteiger partial charge in [-0.3, -0.25) is 0 Å². The molecule has 2 N–H and O–H groups in total. The van der Waals surface area contributed by atoms with E-state index in [1.54, 1.807) is 18.2 Å². The lowest BCUT2D eigenvalue weighted by Gasteiger charge is -2.13. The second-order valence-corrected chi connectivity index (χ2v) is 5.20. The van der Waals surface area contributed by atoms with Crippen LogP contribution in [0.3, 0.4) is 0 Å². The van der Waals surface area contributed by atoms with E-state index in [9.17, 15) is 10.2 Å². The van der Waals surface area contributed by atoms with Crippen LogP contribution < -0.4 is 18.9 Å². The fourth-order valence-corrected chi connectivity index (χ4v) is 2.52. The van der Waals surface area contributed by atoms with Crippen molar-refractivity contribution in [2.45, 2.75) is 12.8 Å². The van der Waals surface area contributed by atoms with Crippen molar-refractivity contribution in [2.75, 3.05) is 28.4 Å². The van der Waals surface area contributed by atoms with Crippen molar-refractivity contribution >= 4 is 0 Å². The molecule has 0 aromatic heterocycles. The summed E-state index contributed by atoms with van der Waals surface area (Å²) < 4.78 is 20.7. The molecule has 0 heterocycles. The maximum absolute atomic E-state index is 10.0. The maximum Gasteiger partial charge on any atom is 0.203 e. The highest BCUT2D eigenvalue weighted by molar-refractivity contribution is 5.54. The Bertz CT molecular complexity index is 686. The molecule has 0 unspecified atom stereocenters. The smallest absolute Gasteiger partial charge is 0.203 e. The molecule has 2 aromatic carbocycles. The molecule has 0 aliphatic carbocycles. The number of ether oxygens (including phenoxy) is 4. The van der Waals surface area contributed by atoms with Crippen LogP contribution in [0.4, 0.5) is 0 Å². The Kier molecular flexibility index (Phi) is 5.63. The van der Waals surface area contributed by atoms with Gasteiger partial charge in [0.15, 0.2) is 23.0 Å². The molecule has 0 saturated carbocycles. The average molecular weight is 334 g/mol. The summed E-state index contributed by atoms with van der Waals surface area (Å²) in [5, 5.41) is 20.0. The third-order valence-corrected chi connectivity index (χ3v) is 3.76. The molecule has 0 radical (unpaired) electrons. The van der Waals surface area contributed by atoms with E-state index in [1.165, 1.54) is 28.4 Å². The minimum atomic E-state index is -0.0208. The van der Waals surface area contributed by atoms with Crippen LogP contribution >= 0.6 is 0 Å². The van der Waals surface area contributed by atoms with Gasteiger partial charge < -0.3 is 29.2 Å². The van der Waals surface area contributed by atoms with Gasteiger partial charge >= 0.3 is 0 Å². The zero-order valence-electron chi connectivity index (χ0n) is 14.3. The topological polar surface area (TPSA) is 77.4 Å². The third kappa shape index (κ3) is 3.59. The van der Waals surface area contributed by atoms with Crippen molar-refractivity contribution in [2.24, 2.45) is 0 Å². The van der Waals surface area contributed by atoms with Crippen LogP contribution in [-0.4, -0.2) is 38.7 Å². The van der Waals surface area contributed by atoms with Gasteiger partial charge in [-0.15, -0.1) is 0 Å². The third-order valence-electron chi connectivity index (χ3n) is 3.76. The van der Waals surface area contributed by atoms with E-state index in [-0.39, 0.29) is 11.5 Å². The second-order valence-electron chi connectivity index (χ2n) is 5.20. The predicted octanol–water partition coefficient (Wildman–Crippen LogP) is 2.92. The van der Waals surface area contributed by atoms with Crippen LogP contribution in [0.2, 0.25) is 0 Å². The van der Waals surface area contributed by atoms with E-state index in [2.05, 4.69) is 0 Å². The number of phenols is 2. The molecule has 0 saturated heterocycles. The van der Waals surface area contributed by atoms with Gasteiger partial charge in [0, 0.05) is 0 Å². The van der Waals surface area contributed by atoms with Gasteiger partial charge in [0.05, 0.1) is 28.4 Å². The number of methoxy groups -OCH3 is 4. The lowest BCUT2D eigenvalue weighted by Crippen LogP contribution is -1.97. The highest BCUT2D eigenvalue weighted by atomic mass is 16.5. The van der Waals surface area contributed by atoms with E-state index in [0.717, 1.165) is 11.1 Å². The van der Waals surface area contributed by atoms with E-state index in [4.69, 9.17) is 18.9 Å². The van der Waals surface area contributed by atoms with Crippen molar-refractivity contribution in [3.63, 3.8) is 0 Å². The Hall–Kier alpha value is -2.76. The molecular weight excluding hydrogens is 312 g/mol. The molecule has 0 spiro atoms. The molecule has 0 fully saturated rings. The number of phenolic OH excluding ortho intramolecular Hbond substituents is 2. The summed E-state index contributed by atoms with van der Waals surface area (Å²) in [5.41, 5.74) is 1.84. The van der Waals surface area contributed by atoms with Crippen LogP contribution in [-0.2, 0) is 12.8 Å². The molecule has 0 atom stereocenters. The van der Waals surface area contributed by atoms with Gasteiger partial charge in [-0.25, -0.2) is 0 Å². The van der Waals surface area contributed by atoms with E-state index in [0.29, 0.717) is 35.8 Å². The highest BCUT2D eigenvalue weighted by Crippen LogP contribution is 2.39. The Labute approximate surface area is 141 Å². The first-order valence-corrected chi connectivity index (χ1v) is 7.41. The molecule has 0 aliphatic rings. The first-order valence-electron chi connectivity index (χ1n) is 7.41. The molecule has 130 valence electrons. The van der Waals surface area contributed by atoms with E-state index in [1.807, 2.05) is 6.07 Å². The summed E-state index contributed by atoms with van der Waals surface area (Å²) in [7, 11) is 5.98. The van der Waals surface area contributed by atoms with Crippen LogP contribution in [0.25, 0.3) is 0 Å². The molecule has 0 amide bonds. The molecule has 0 bridgehead atoms. The van der Waals surface area contributed by atoms with Crippen molar-refractivity contribution in [1.82, 2.24) is 0 Å². The van der Waals surface area contributed by atoms with Gasteiger partial charge in [0.25, 0.3) is 0 Å². The van der Waals surface area contributed by atoms with E-state index >= 15 is 0 Å². The maximum atomic E-state index is 10.0. The van der Waals surface area contributed by atoms with Gasteiger partial charge in [0.2, 0.25) is 11.5 Å². The summed E-state index contributed by atoms with van der Waals surface area (Å²) >= 11 is 0. The Balaban J connectivity index is 2.23. The molecule has 24 heavy (non-hydrogen) atoms. The lowest BCUT2D eigenvalue weighted by atomic mass is 10.0. The summed E-state index contributed by atoms with van der Waals surface area (Å²) in [6.45, 7) is 0. The SMILES string of the molecule is COc1cc(CCc2cc(O)c(OC)c(OC)c2)cc(OC)c1O. The summed E-state index contributed by atoms with van der Waals surface area (Å²) in [4.78, 5) is 0. The first-order chi connectivity index (χ1) is 11.5.